The van der Waals surface area contributed by atoms with Gasteiger partial charge in [0.05, 0.1) is 12.1 Å². The van der Waals surface area contributed by atoms with Crippen molar-refractivity contribution < 1.29 is 5.11 Å². The first-order valence-corrected chi connectivity index (χ1v) is 5.72. The zero-order valence-electron chi connectivity index (χ0n) is 10.9. The second-order valence-corrected chi connectivity index (χ2v) is 5.33. The fraction of sp³-hybridized carbons (Fsp3) is 0.750. The first-order chi connectivity index (χ1) is 7.29. The molecule has 0 unspecified atom stereocenters. The van der Waals surface area contributed by atoms with Crippen molar-refractivity contribution in [2.24, 2.45) is 0 Å². The van der Waals surface area contributed by atoms with Crippen LogP contribution in [0.5, 0.6) is 0 Å². The van der Waals surface area contributed by atoms with E-state index < -0.39 is 5.60 Å². The molecule has 0 bridgehead atoms. The van der Waals surface area contributed by atoms with Gasteiger partial charge in [-0.25, -0.2) is 4.98 Å². The summed E-state index contributed by atoms with van der Waals surface area (Å²) in [7, 11) is 2.00. The molecule has 0 aliphatic rings. The molecule has 0 amide bonds. The molecule has 0 aliphatic carbocycles. The van der Waals surface area contributed by atoms with Gasteiger partial charge in [-0.15, -0.1) is 0 Å². The van der Waals surface area contributed by atoms with E-state index in [-0.39, 0.29) is 0 Å². The maximum atomic E-state index is 9.73. The lowest BCUT2D eigenvalue weighted by Crippen LogP contribution is -2.36. The first kappa shape index (κ1) is 13.2. The Bertz CT molecular complexity index is 325. The van der Waals surface area contributed by atoms with Gasteiger partial charge in [-0.2, -0.15) is 0 Å². The highest BCUT2D eigenvalue weighted by molar-refractivity contribution is 4.94. The van der Waals surface area contributed by atoms with Gasteiger partial charge < -0.3 is 9.67 Å². The van der Waals surface area contributed by atoms with E-state index in [1.165, 1.54) is 0 Å². The molecular weight excluding hydrogens is 202 g/mol. The Kier molecular flexibility index (Phi) is 4.10. The number of rotatable bonds is 5. The fourth-order valence-corrected chi connectivity index (χ4v) is 1.89. The van der Waals surface area contributed by atoms with E-state index in [1.54, 1.807) is 0 Å². The van der Waals surface area contributed by atoms with Gasteiger partial charge in [-0.1, -0.05) is 0 Å². The summed E-state index contributed by atoms with van der Waals surface area (Å²) in [4.78, 5) is 6.43. The SMILES string of the molecule is CC(C)n1ccnc1CN(C)CC(C)(C)O. The summed E-state index contributed by atoms with van der Waals surface area (Å²) in [5.41, 5.74) is -0.663. The summed E-state index contributed by atoms with van der Waals surface area (Å²) in [5.74, 6) is 1.04. The van der Waals surface area contributed by atoms with E-state index in [0.717, 1.165) is 12.4 Å². The number of hydrogen-bond acceptors (Lipinski definition) is 3. The van der Waals surface area contributed by atoms with Crippen molar-refractivity contribution in [3.63, 3.8) is 0 Å². The largest absolute Gasteiger partial charge is 0.389 e. The molecule has 1 N–H and O–H groups in total. The van der Waals surface area contributed by atoms with Gasteiger partial charge >= 0.3 is 0 Å². The fourth-order valence-electron chi connectivity index (χ4n) is 1.89. The molecule has 1 aromatic rings. The van der Waals surface area contributed by atoms with Crippen molar-refractivity contribution in [1.82, 2.24) is 14.5 Å². The van der Waals surface area contributed by atoms with Crippen molar-refractivity contribution >= 4 is 0 Å². The van der Waals surface area contributed by atoms with Gasteiger partial charge in [0.25, 0.3) is 0 Å². The Morgan fingerprint density at radius 1 is 1.50 bits per heavy atom. The highest BCUT2D eigenvalue weighted by Gasteiger charge is 2.17. The van der Waals surface area contributed by atoms with Crippen molar-refractivity contribution in [3.8, 4) is 0 Å². The summed E-state index contributed by atoms with van der Waals surface area (Å²) in [6.45, 7) is 9.31. The molecule has 0 saturated carbocycles. The normalized spacial score (nSPS) is 12.8. The molecule has 0 aliphatic heterocycles. The molecule has 0 saturated heterocycles. The lowest BCUT2D eigenvalue weighted by Gasteiger charge is -2.25. The topological polar surface area (TPSA) is 41.3 Å². The molecule has 1 heterocycles. The van der Waals surface area contributed by atoms with Crippen molar-refractivity contribution in [2.45, 2.75) is 45.9 Å². The number of hydrogen-bond donors (Lipinski definition) is 1. The van der Waals surface area contributed by atoms with Crippen molar-refractivity contribution in [1.29, 1.82) is 0 Å². The molecule has 16 heavy (non-hydrogen) atoms. The molecule has 92 valence electrons. The van der Waals surface area contributed by atoms with Crippen molar-refractivity contribution in [2.75, 3.05) is 13.6 Å². The van der Waals surface area contributed by atoms with Gasteiger partial charge in [0.1, 0.15) is 5.82 Å². The van der Waals surface area contributed by atoms with Crippen LogP contribution >= 0.6 is 0 Å². The highest BCUT2D eigenvalue weighted by Crippen LogP contribution is 2.11. The number of imidazole rings is 1. The van der Waals surface area contributed by atoms with Gasteiger partial charge in [0.15, 0.2) is 0 Å². The van der Waals surface area contributed by atoms with Crippen LogP contribution in [0, 0.1) is 0 Å². The smallest absolute Gasteiger partial charge is 0.123 e. The minimum Gasteiger partial charge on any atom is -0.389 e. The predicted molar refractivity (Wildman–Crippen MR) is 65.2 cm³/mol. The number of aromatic nitrogens is 2. The van der Waals surface area contributed by atoms with E-state index in [1.807, 2.05) is 33.3 Å². The van der Waals surface area contributed by atoms with E-state index in [0.29, 0.717) is 12.6 Å². The Morgan fingerprint density at radius 2 is 2.12 bits per heavy atom. The van der Waals surface area contributed by atoms with Crippen LogP contribution in [0.1, 0.15) is 39.6 Å². The summed E-state index contributed by atoms with van der Waals surface area (Å²) in [5, 5.41) is 9.73. The number of aliphatic hydroxyl groups is 1. The van der Waals surface area contributed by atoms with Crippen molar-refractivity contribution in [3.05, 3.63) is 18.2 Å². The van der Waals surface area contributed by atoms with Crippen LogP contribution in [-0.2, 0) is 6.54 Å². The Labute approximate surface area is 97.9 Å². The minimum absolute atomic E-state index is 0.424. The van der Waals surface area contributed by atoms with E-state index in [4.69, 9.17) is 0 Å². The van der Waals surface area contributed by atoms with Gasteiger partial charge in [-0.3, -0.25) is 4.90 Å². The van der Waals surface area contributed by atoms with Gasteiger partial charge in [0.2, 0.25) is 0 Å². The average molecular weight is 225 g/mol. The summed E-state index contributed by atoms with van der Waals surface area (Å²) >= 11 is 0. The minimum atomic E-state index is -0.663. The highest BCUT2D eigenvalue weighted by atomic mass is 16.3. The molecule has 0 atom stereocenters. The molecule has 4 heteroatoms. The van der Waals surface area contributed by atoms with Crippen LogP contribution in [0.2, 0.25) is 0 Å². The second kappa shape index (κ2) is 4.97. The predicted octanol–water partition coefficient (Wildman–Crippen LogP) is 1.67. The third kappa shape index (κ3) is 3.94. The van der Waals surface area contributed by atoms with Crippen LogP contribution in [-0.4, -0.2) is 38.8 Å². The molecule has 0 radical (unpaired) electrons. The van der Waals surface area contributed by atoms with Gasteiger partial charge in [-0.05, 0) is 34.7 Å². The van der Waals surface area contributed by atoms with Crippen LogP contribution in [0.25, 0.3) is 0 Å². The van der Waals surface area contributed by atoms with Gasteiger partial charge in [0, 0.05) is 25.0 Å². The zero-order valence-corrected chi connectivity index (χ0v) is 10.9. The van der Waals surface area contributed by atoms with Crippen LogP contribution in [0.4, 0.5) is 0 Å². The lowest BCUT2D eigenvalue weighted by molar-refractivity contribution is 0.0414. The third-order valence-electron chi connectivity index (χ3n) is 2.37. The van der Waals surface area contributed by atoms with E-state index in [2.05, 4.69) is 28.3 Å². The van der Waals surface area contributed by atoms with Crippen LogP contribution in [0.3, 0.4) is 0 Å². The summed E-state index contributed by atoms with van der Waals surface area (Å²) in [6, 6.07) is 0.424. The van der Waals surface area contributed by atoms with E-state index in [9.17, 15) is 5.11 Å². The molecule has 0 aromatic carbocycles. The Balaban J connectivity index is 2.63. The van der Waals surface area contributed by atoms with Crippen LogP contribution in [0.15, 0.2) is 12.4 Å². The third-order valence-corrected chi connectivity index (χ3v) is 2.37. The molecule has 1 aromatic heterocycles. The second-order valence-electron chi connectivity index (χ2n) is 5.33. The first-order valence-electron chi connectivity index (χ1n) is 5.72. The number of nitrogens with zero attached hydrogens (tertiary/aromatic N) is 3. The average Bonchev–Trinajstić information content (AvgIpc) is 2.47. The number of likely N-dealkylation sites (N-methyl/N-ethyl adjacent to an activating group) is 1. The molecular formula is C12H23N3O. The maximum Gasteiger partial charge on any atom is 0.123 e. The Morgan fingerprint density at radius 3 is 2.62 bits per heavy atom. The maximum absolute atomic E-state index is 9.73. The molecule has 4 nitrogen and oxygen atoms in total. The van der Waals surface area contributed by atoms with E-state index >= 15 is 0 Å². The Hall–Kier alpha value is -0.870. The summed E-state index contributed by atoms with van der Waals surface area (Å²) in [6.07, 6.45) is 3.82. The quantitative estimate of drug-likeness (QED) is 0.828. The standard InChI is InChI=1S/C12H23N3O/c1-10(2)15-7-6-13-11(15)8-14(5)9-12(3,4)16/h6-7,10,16H,8-9H2,1-5H3. The van der Waals surface area contributed by atoms with Crippen LogP contribution < -0.4 is 0 Å². The summed E-state index contributed by atoms with van der Waals surface area (Å²) < 4.78 is 2.15. The molecule has 1 rings (SSSR count). The monoisotopic (exact) mass is 225 g/mol. The molecule has 0 spiro atoms. The lowest BCUT2D eigenvalue weighted by atomic mass is 10.1. The molecule has 0 fully saturated rings. The zero-order chi connectivity index (χ0) is 12.3.